The molecule has 0 N–H and O–H groups in total. The zero-order chi connectivity index (χ0) is 24.0. The molecular weight excluding hydrogens is 471 g/mol. The molecular formula is C23H18F3N3O4S. The number of halogens is 3. The zero-order valence-corrected chi connectivity index (χ0v) is 18.6. The molecule has 34 heavy (non-hydrogen) atoms. The van der Waals surface area contributed by atoms with Crippen LogP contribution in [0.2, 0.25) is 0 Å². The first-order valence-electron chi connectivity index (χ1n) is 10.2. The Kier molecular flexibility index (Phi) is 5.53. The molecule has 11 heteroatoms. The number of hydrogen-bond acceptors (Lipinski definition) is 6. The summed E-state index contributed by atoms with van der Waals surface area (Å²) >= 11 is 0. The van der Waals surface area contributed by atoms with Gasteiger partial charge in [-0.05, 0) is 23.8 Å². The number of rotatable bonds is 5. The van der Waals surface area contributed by atoms with Gasteiger partial charge in [0, 0.05) is 42.3 Å². The van der Waals surface area contributed by atoms with Crippen LogP contribution in [0.15, 0.2) is 59.9 Å². The van der Waals surface area contributed by atoms with Gasteiger partial charge < -0.3 is 9.47 Å². The molecule has 0 saturated carbocycles. The SMILES string of the molecule is CS(=O)(=O)c1cc(-c2cn3c4c(nc3cc2F)CCOC4c2ccccc2OC(F)F)ccn1. The largest absolute Gasteiger partial charge is 0.434 e. The van der Waals surface area contributed by atoms with Gasteiger partial charge in [0.15, 0.2) is 14.9 Å². The van der Waals surface area contributed by atoms with Gasteiger partial charge in [-0.15, -0.1) is 0 Å². The van der Waals surface area contributed by atoms with Gasteiger partial charge >= 0.3 is 6.61 Å². The van der Waals surface area contributed by atoms with E-state index >= 15 is 4.39 Å². The fourth-order valence-corrected chi connectivity index (χ4v) is 4.67. The van der Waals surface area contributed by atoms with Crippen molar-refractivity contribution in [2.24, 2.45) is 0 Å². The average Bonchev–Trinajstić information content (AvgIpc) is 3.15. The van der Waals surface area contributed by atoms with Gasteiger partial charge in [0.2, 0.25) is 0 Å². The Morgan fingerprint density at radius 3 is 2.76 bits per heavy atom. The van der Waals surface area contributed by atoms with Crippen molar-refractivity contribution in [3.05, 3.63) is 77.6 Å². The van der Waals surface area contributed by atoms with E-state index in [1.807, 2.05) is 0 Å². The van der Waals surface area contributed by atoms with Gasteiger partial charge in [0.25, 0.3) is 0 Å². The van der Waals surface area contributed by atoms with Crippen LogP contribution in [-0.4, -0.2) is 42.3 Å². The molecule has 0 amide bonds. The van der Waals surface area contributed by atoms with Crippen molar-refractivity contribution in [3.63, 3.8) is 0 Å². The number of alkyl halides is 2. The highest BCUT2D eigenvalue weighted by Crippen LogP contribution is 2.39. The standard InChI is InChI=1S/C23H18F3N3O4S/c1-34(30,31)20-10-13(6-8-27-20)15-12-29-19(11-16(15)24)28-17-7-9-32-22(21(17)29)14-4-2-3-5-18(14)33-23(25)26/h2-6,8,10-12,22-23H,7,9H2,1H3. The summed E-state index contributed by atoms with van der Waals surface area (Å²) in [5.74, 6) is -0.626. The van der Waals surface area contributed by atoms with E-state index in [1.54, 1.807) is 22.6 Å². The molecule has 1 atom stereocenters. The van der Waals surface area contributed by atoms with Crippen LogP contribution in [0.5, 0.6) is 5.75 Å². The molecule has 3 aromatic heterocycles. The van der Waals surface area contributed by atoms with Crippen molar-refractivity contribution in [1.82, 2.24) is 14.4 Å². The van der Waals surface area contributed by atoms with Crippen LogP contribution < -0.4 is 4.74 Å². The molecule has 4 aromatic rings. The van der Waals surface area contributed by atoms with Crippen molar-refractivity contribution in [2.75, 3.05) is 12.9 Å². The van der Waals surface area contributed by atoms with Crippen LogP contribution in [0.25, 0.3) is 16.8 Å². The van der Waals surface area contributed by atoms with Crippen LogP contribution in [0.4, 0.5) is 13.2 Å². The second-order valence-electron chi connectivity index (χ2n) is 7.78. The maximum atomic E-state index is 15.1. The third-order valence-corrected chi connectivity index (χ3v) is 6.52. The molecule has 0 radical (unpaired) electrons. The third kappa shape index (κ3) is 4.01. The summed E-state index contributed by atoms with van der Waals surface area (Å²) in [6, 6.07) is 10.4. The van der Waals surface area contributed by atoms with E-state index in [0.717, 1.165) is 6.26 Å². The van der Waals surface area contributed by atoms with Crippen molar-refractivity contribution in [1.29, 1.82) is 0 Å². The van der Waals surface area contributed by atoms with Crippen LogP contribution in [-0.2, 0) is 21.0 Å². The van der Waals surface area contributed by atoms with Gasteiger partial charge in [0.05, 0.1) is 18.0 Å². The topological polar surface area (TPSA) is 82.8 Å². The van der Waals surface area contributed by atoms with Crippen LogP contribution in [0.3, 0.4) is 0 Å². The van der Waals surface area contributed by atoms with Gasteiger partial charge in [-0.3, -0.25) is 4.40 Å². The fraction of sp³-hybridized carbons (Fsp3) is 0.217. The lowest BCUT2D eigenvalue weighted by Gasteiger charge is -2.25. The molecule has 0 spiro atoms. The lowest BCUT2D eigenvalue weighted by atomic mass is 10.0. The van der Waals surface area contributed by atoms with Crippen LogP contribution >= 0.6 is 0 Å². The second-order valence-corrected chi connectivity index (χ2v) is 9.74. The summed E-state index contributed by atoms with van der Waals surface area (Å²) < 4.78 is 77.2. The lowest BCUT2D eigenvalue weighted by molar-refractivity contribution is -0.0522. The monoisotopic (exact) mass is 489 g/mol. The minimum Gasteiger partial charge on any atom is -0.434 e. The summed E-state index contributed by atoms with van der Waals surface area (Å²) in [4.78, 5) is 8.37. The number of aromatic nitrogens is 3. The smallest absolute Gasteiger partial charge is 0.387 e. The Morgan fingerprint density at radius 1 is 1.21 bits per heavy atom. The van der Waals surface area contributed by atoms with Crippen molar-refractivity contribution in [2.45, 2.75) is 24.2 Å². The van der Waals surface area contributed by atoms with E-state index in [1.165, 1.54) is 36.7 Å². The molecule has 7 nitrogen and oxygen atoms in total. The van der Waals surface area contributed by atoms with E-state index in [0.29, 0.717) is 41.2 Å². The second kappa shape index (κ2) is 8.41. The minimum atomic E-state index is -3.60. The first-order chi connectivity index (χ1) is 16.2. The number of sulfone groups is 1. The molecule has 176 valence electrons. The first-order valence-corrected chi connectivity index (χ1v) is 12.1. The highest BCUT2D eigenvalue weighted by Gasteiger charge is 2.31. The third-order valence-electron chi connectivity index (χ3n) is 5.54. The maximum Gasteiger partial charge on any atom is 0.387 e. The molecule has 0 saturated heterocycles. The Bertz CT molecular complexity index is 1500. The number of hydrogen-bond donors (Lipinski definition) is 0. The molecule has 1 aliphatic rings. The summed E-state index contributed by atoms with van der Waals surface area (Å²) in [7, 11) is -3.60. The Morgan fingerprint density at radius 2 is 2.00 bits per heavy atom. The lowest BCUT2D eigenvalue weighted by Crippen LogP contribution is -2.20. The number of nitrogens with zero attached hydrogens (tertiary/aromatic N) is 3. The molecule has 5 rings (SSSR count). The summed E-state index contributed by atoms with van der Waals surface area (Å²) in [6.45, 7) is -2.72. The molecule has 1 aliphatic heterocycles. The van der Waals surface area contributed by atoms with Crippen molar-refractivity contribution >= 4 is 15.5 Å². The van der Waals surface area contributed by atoms with Crippen molar-refractivity contribution < 1.29 is 31.1 Å². The van der Waals surface area contributed by atoms with E-state index in [4.69, 9.17) is 9.47 Å². The number of imidazole rings is 1. The number of fused-ring (bicyclic) bond motifs is 3. The minimum absolute atomic E-state index is 0.0282. The van der Waals surface area contributed by atoms with Gasteiger partial charge in [0.1, 0.15) is 23.3 Å². The molecule has 0 aliphatic carbocycles. The molecule has 1 aromatic carbocycles. The summed E-state index contributed by atoms with van der Waals surface area (Å²) in [5.41, 5.74) is 2.34. The number of benzene rings is 1. The molecule has 1 unspecified atom stereocenters. The van der Waals surface area contributed by atoms with E-state index in [2.05, 4.69) is 9.97 Å². The maximum absolute atomic E-state index is 15.1. The fourth-order valence-electron chi connectivity index (χ4n) is 4.07. The van der Waals surface area contributed by atoms with Gasteiger partial charge in [-0.25, -0.2) is 22.8 Å². The van der Waals surface area contributed by atoms with Gasteiger partial charge in [-0.2, -0.15) is 8.78 Å². The molecule has 0 fully saturated rings. The highest BCUT2D eigenvalue weighted by molar-refractivity contribution is 7.90. The number of ether oxygens (including phenoxy) is 2. The predicted molar refractivity (Wildman–Crippen MR) is 116 cm³/mol. The zero-order valence-electron chi connectivity index (χ0n) is 17.8. The molecule has 4 heterocycles. The highest BCUT2D eigenvalue weighted by atomic mass is 32.2. The normalized spacial score (nSPS) is 16.1. The Hall–Kier alpha value is -3.44. The van der Waals surface area contributed by atoms with Crippen LogP contribution in [0, 0.1) is 5.82 Å². The Labute approximate surface area is 192 Å². The van der Waals surface area contributed by atoms with E-state index < -0.39 is 28.4 Å². The average molecular weight is 489 g/mol. The number of pyridine rings is 2. The molecule has 0 bridgehead atoms. The summed E-state index contributed by atoms with van der Waals surface area (Å²) in [5, 5.41) is -0.184. The van der Waals surface area contributed by atoms with E-state index in [9.17, 15) is 17.2 Å². The van der Waals surface area contributed by atoms with Crippen molar-refractivity contribution in [3.8, 4) is 16.9 Å². The quantitative estimate of drug-likeness (QED) is 0.418. The predicted octanol–water partition coefficient (Wildman–Crippen LogP) is 4.20. The number of para-hydroxylation sites is 1. The Balaban J connectivity index is 1.69. The van der Waals surface area contributed by atoms with Gasteiger partial charge in [-0.1, -0.05) is 18.2 Å². The first kappa shape index (κ1) is 22.4. The van der Waals surface area contributed by atoms with Crippen LogP contribution in [0.1, 0.15) is 23.1 Å². The van der Waals surface area contributed by atoms with E-state index in [-0.39, 0.29) is 16.3 Å². The summed E-state index contributed by atoms with van der Waals surface area (Å²) in [6.07, 6.45) is 3.48.